The molecule has 2 aromatic carbocycles. The Labute approximate surface area is 140 Å². The monoisotopic (exact) mass is 333 g/mol. The van der Waals surface area contributed by atoms with E-state index in [9.17, 15) is 9.18 Å². The number of rotatable bonds is 7. The van der Waals surface area contributed by atoms with Gasteiger partial charge in [0, 0.05) is 0 Å². The SMILES string of the molecule is COc1ccc(C(C)NC(=O)COc2ccc(F)cc2)cc1OC. The van der Waals surface area contributed by atoms with Gasteiger partial charge in [-0.3, -0.25) is 4.79 Å². The molecular weight excluding hydrogens is 313 g/mol. The lowest BCUT2D eigenvalue weighted by Gasteiger charge is -2.16. The Kier molecular flexibility index (Phi) is 6.01. The van der Waals surface area contributed by atoms with Gasteiger partial charge in [-0.15, -0.1) is 0 Å². The molecule has 0 saturated heterocycles. The Balaban J connectivity index is 1.92. The first-order valence-electron chi connectivity index (χ1n) is 7.43. The van der Waals surface area contributed by atoms with Crippen LogP contribution in [0.2, 0.25) is 0 Å². The summed E-state index contributed by atoms with van der Waals surface area (Å²) in [5.41, 5.74) is 0.878. The van der Waals surface area contributed by atoms with Crippen molar-refractivity contribution in [2.24, 2.45) is 0 Å². The molecule has 0 aliphatic heterocycles. The van der Waals surface area contributed by atoms with Crippen molar-refractivity contribution < 1.29 is 23.4 Å². The molecule has 1 amide bonds. The maximum absolute atomic E-state index is 12.8. The lowest BCUT2D eigenvalue weighted by Crippen LogP contribution is -2.31. The van der Waals surface area contributed by atoms with Gasteiger partial charge >= 0.3 is 0 Å². The van der Waals surface area contributed by atoms with E-state index in [0.717, 1.165) is 5.56 Å². The average Bonchev–Trinajstić information content (AvgIpc) is 2.60. The maximum atomic E-state index is 12.8. The van der Waals surface area contributed by atoms with Crippen molar-refractivity contribution in [2.75, 3.05) is 20.8 Å². The fraction of sp³-hybridized carbons (Fsp3) is 0.278. The molecule has 0 spiro atoms. The van der Waals surface area contributed by atoms with Gasteiger partial charge in [-0.05, 0) is 48.9 Å². The number of nitrogens with one attached hydrogen (secondary N) is 1. The molecular formula is C18H20FNO4. The van der Waals surface area contributed by atoms with Crippen molar-refractivity contribution in [1.29, 1.82) is 0 Å². The van der Waals surface area contributed by atoms with Crippen LogP contribution in [0.15, 0.2) is 42.5 Å². The van der Waals surface area contributed by atoms with E-state index in [2.05, 4.69) is 5.32 Å². The third-order valence-corrected chi connectivity index (χ3v) is 3.47. The van der Waals surface area contributed by atoms with Crippen molar-refractivity contribution in [3.8, 4) is 17.2 Å². The van der Waals surface area contributed by atoms with Gasteiger partial charge < -0.3 is 19.5 Å². The summed E-state index contributed by atoms with van der Waals surface area (Å²) in [4.78, 5) is 12.0. The molecule has 0 saturated carbocycles. The second kappa shape index (κ2) is 8.19. The fourth-order valence-electron chi connectivity index (χ4n) is 2.17. The highest BCUT2D eigenvalue weighted by Gasteiger charge is 2.13. The van der Waals surface area contributed by atoms with Crippen LogP contribution in [0.25, 0.3) is 0 Å². The van der Waals surface area contributed by atoms with Crippen LogP contribution in [0.1, 0.15) is 18.5 Å². The second-order valence-electron chi connectivity index (χ2n) is 5.15. The maximum Gasteiger partial charge on any atom is 0.258 e. The van der Waals surface area contributed by atoms with E-state index in [0.29, 0.717) is 17.2 Å². The molecule has 0 fully saturated rings. The van der Waals surface area contributed by atoms with Gasteiger partial charge in [-0.2, -0.15) is 0 Å². The van der Waals surface area contributed by atoms with E-state index >= 15 is 0 Å². The van der Waals surface area contributed by atoms with Crippen molar-refractivity contribution in [3.63, 3.8) is 0 Å². The summed E-state index contributed by atoms with van der Waals surface area (Å²) in [6.07, 6.45) is 0. The third-order valence-electron chi connectivity index (χ3n) is 3.47. The first kappa shape index (κ1) is 17.6. The minimum absolute atomic E-state index is 0.150. The van der Waals surface area contributed by atoms with Gasteiger partial charge in [0.2, 0.25) is 0 Å². The standard InChI is InChI=1S/C18H20FNO4/c1-12(13-4-9-16(22-2)17(10-13)23-3)20-18(21)11-24-15-7-5-14(19)6-8-15/h4-10,12H,11H2,1-3H3,(H,20,21). The summed E-state index contributed by atoms with van der Waals surface area (Å²) in [7, 11) is 3.12. The molecule has 2 aromatic rings. The number of ether oxygens (including phenoxy) is 3. The zero-order valence-corrected chi connectivity index (χ0v) is 13.8. The highest BCUT2D eigenvalue weighted by atomic mass is 19.1. The molecule has 0 heterocycles. The summed E-state index contributed by atoms with van der Waals surface area (Å²) in [5.74, 6) is 1.03. The summed E-state index contributed by atoms with van der Waals surface area (Å²) in [6.45, 7) is 1.71. The molecule has 0 radical (unpaired) electrons. The van der Waals surface area contributed by atoms with E-state index < -0.39 is 0 Å². The number of hydrogen-bond acceptors (Lipinski definition) is 4. The third kappa shape index (κ3) is 4.62. The van der Waals surface area contributed by atoms with Gasteiger partial charge in [0.15, 0.2) is 18.1 Å². The zero-order valence-electron chi connectivity index (χ0n) is 13.8. The summed E-state index contributed by atoms with van der Waals surface area (Å²) in [6, 6.07) is 10.7. The molecule has 0 aliphatic carbocycles. The first-order chi connectivity index (χ1) is 11.5. The van der Waals surface area contributed by atoms with Crippen LogP contribution < -0.4 is 19.5 Å². The predicted molar refractivity (Wildman–Crippen MR) is 88.0 cm³/mol. The quantitative estimate of drug-likeness (QED) is 0.846. The Morgan fingerprint density at radius 1 is 1.08 bits per heavy atom. The number of carbonyl (C=O) groups is 1. The molecule has 1 N–H and O–H groups in total. The lowest BCUT2D eigenvalue weighted by atomic mass is 10.1. The van der Waals surface area contributed by atoms with Gasteiger partial charge in [0.25, 0.3) is 5.91 Å². The molecule has 6 heteroatoms. The molecule has 1 unspecified atom stereocenters. The van der Waals surface area contributed by atoms with E-state index in [-0.39, 0.29) is 24.4 Å². The molecule has 2 rings (SSSR count). The highest BCUT2D eigenvalue weighted by molar-refractivity contribution is 5.78. The van der Waals surface area contributed by atoms with Crippen molar-refractivity contribution >= 4 is 5.91 Å². The number of benzene rings is 2. The van der Waals surface area contributed by atoms with Gasteiger partial charge in [-0.25, -0.2) is 4.39 Å². The Morgan fingerprint density at radius 3 is 2.38 bits per heavy atom. The van der Waals surface area contributed by atoms with Gasteiger partial charge in [-0.1, -0.05) is 6.07 Å². The van der Waals surface area contributed by atoms with Crippen molar-refractivity contribution in [3.05, 3.63) is 53.8 Å². The molecule has 0 aromatic heterocycles. The molecule has 0 bridgehead atoms. The minimum Gasteiger partial charge on any atom is -0.493 e. The Bertz CT molecular complexity index is 688. The molecule has 24 heavy (non-hydrogen) atoms. The summed E-state index contributed by atoms with van der Waals surface area (Å²) in [5, 5.41) is 2.83. The predicted octanol–water partition coefficient (Wildman–Crippen LogP) is 3.10. The van der Waals surface area contributed by atoms with Gasteiger partial charge in [0.1, 0.15) is 11.6 Å². The largest absolute Gasteiger partial charge is 0.493 e. The summed E-state index contributed by atoms with van der Waals surface area (Å²) >= 11 is 0. The van der Waals surface area contributed by atoms with Crippen LogP contribution in [0, 0.1) is 5.82 Å². The Hall–Kier alpha value is -2.76. The normalized spacial score (nSPS) is 11.5. The van der Waals surface area contributed by atoms with Crippen molar-refractivity contribution in [2.45, 2.75) is 13.0 Å². The fourth-order valence-corrected chi connectivity index (χ4v) is 2.17. The van der Waals surface area contributed by atoms with E-state index in [4.69, 9.17) is 14.2 Å². The van der Waals surface area contributed by atoms with Crippen LogP contribution in [-0.2, 0) is 4.79 Å². The molecule has 5 nitrogen and oxygen atoms in total. The van der Waals surface area contributed by atoms with Gasteiger partial charge in [0.05, 0.1) is 20.3 Å². The van der Waals surface area contributed by atoms with E-state index in [1.54, 1.807) is 20.3 Å². The van der Waals surface area contributed by atoms with Crippen LogP contribution in [-0.4, -0.2) is 26.7 Å². The molecule has 0 aliphatic rings. The minimum atomic E-state index is -0.353. The van der Waals surface area contributed by atoms with E-state index in [1.165, 1.54) is 24.3 Å². The van der Waals surface area contributed by atoms with Crippen LogP contribution in [0.3, 0.4) is 0 Å². The van der Waals surface area contributed by atoms with E-state index in [1.807, 2.05) is 19.1 Å². The topological polar surface area (TPSA) is 56.8 Å². The second-order valence-corrected chi connectivity index (χ2v) is 5.15. The number of hydrogen-bond donors (Lipinski definition) is 1. The van der Waals surface area contributed by atoms with Crippen molar-refractivity contribution in [1.82, 2.24) is 5.32 Å². The number of carbonyl (C=O) groups excluding carboxylic acids is 1. The first-order valence-corrected chi connectivity index (χ1v) is 7.43. The molecule has 1 atom stereocenters. The zero-order chi connectivity index (χ0) is 17.5. The lowest BCUT2D eigenvalue weighted by molar-refractivity contribution is -0.123. The van der Waals surface area contributed by atoms with Crippen LogP contribution in [0.5, 0.6) is 17.2 Å². The van der Waals surface area contributed by atoms with Crippen LogP contribution in [0.4, 0.5) is 4.39 Å². The van der Waals surface area contributed by atoms with Crippen LogP contribution >= 0.6 is 0 Å². The highest BCUT2D eigenvalue weighted by Crippen LogP contribution is 2.29. The molecule has 128 valence electrons. The average molecular weight is 333 g/mol. The number of methoxy groups -OCH3 is 2. The smallest absolute Gasteiger partial charge is 0.258 e. The summed E-state index contributed by atoms with van der Waals surface area (Å²) < 4.78 is 28.6. The Morgan fingerprint density at radius 2 is 1.75 bits per heavy atom. The number of halogens is 1. The number of amides is 1.